The fraction of sp³-hybridized carbons (Fsp3) is 0. The molecule has 5 heterocycles. The van der Waals surface area contributed by atoms with Crippen molar-refractivity contribution in [1.29, 1.82) is 5.26 Å². The van der Waals surface area contributed by atoms with Crippen LogP contribution in [-0.2, 0) is 0 Å². The Kier molecular flexibility index (Phi) is 13.5. The number of fused-ring (bicyclic) bond motifs is 12. The number of hydrogen-bond acceptors (Lipinski definition) is 3. The zero-order chi connectivity index (χ0) is 67.4. The van der Waals surface area contributed by atoms with E-state index >= 15 is 0 Å². The molecule has 0 fully saturated rings. The van der Waals surface area contributed by atoms with Gasteiger partial charge >= 0.3 is 0 Å². The molecule has 0 aliphatic rings. The average Bonchev–Trinajstić information content (AvgIpc) is 1.09. The zero-order valence-corrected chi connectivity index (χ0v) is 55.2. The number of hydrogen-bond donors (Lipinski definition) is 0. The Morgan fingerprint density at radius 3 is 0.814 bits per heavy atom. The van der Waals surface area contributed by atoms with E-state index in [1.807, 2.05) is 24.3 Å². The van der Waals surface area contributed by atoms with Crippen LogP contribution in [0.25, 0.3) is 188 Å². The predicted octanol–water partition coefficient (Wildman–Crippen LogP) is 24.4. The lowest BCUT2D eigenvalue weighted by molar-refractivity contribution is 1.18. The molecule has 0 radical (unpaired) electrons. The number of nitriles is 1. The van der Waals surface area contributed by atoms with Gasteiger partial charge in [-0.3, -0.25) is 0 Å². The lowest BCUT2D eigenvalue weighted by atomic mass is 9.76. The summed E-state index contributed by atoms with van der Waals surface area (Å²) in [5, 5.41) is 21.9. The van der Waals surface area contributed by atoms with Gasteiger partial charge in [0.1, 0.15) is 6.07 Å². The van der Waals surface area contributed by atoms with Gasteiger partial charge in [0.15, 0.2) is 5.82 Å². The van der Waals surface area contributed by atoms with E-state index in [9.17, 15) is 5.26 Å². The smallest absolute Gasteiger partial charge is 0.160 e. The summed E-state index contributed by atoms with van der Waals surface area (Å²) in [7, 11) is 0. The third-order valence-corrected chi connectivity index (χ3v) is 20.6. The summed E-state index contributed by atoms with van der Waals surface area (Å²) >= 11 is 0. The van der Waals surface area contributed by atoms with Gasteiger partial charge in [0.05, 0.1) is 61.1 Å². The van der Waals surface area contributed by atoms with Gasteiger partial charge in [0.25, 0.3) is 0 Å². The van der Waals surface area contributed by atoms with Crippen LogP contribution in [-0.4, -0.2) is 28.2 Å². The second-order valence-electron chi connectivity index (χ2n) is 26.2. The average molecular weight is 1300 g/mol. The van der Waals surface area contributed by atoms with Crippen molar-refractivity contribution >= 4 is 87.2 Å². The first-order chi connectivity index (χ1) is 50.6. The first-order valence-corrected chi connectivity index (χ1v) is 34.6. The first kappa shape index (κ1) is 58.2. The summed E-state index contributed by atoms with van der Waals surface area (Å²) in [5.41, 5.74) is 24.4. The summed E-state index contributed by atoms with van der Waals surface area (Å²) in [6, 6.07) is 131. The highest BCUT2D eigenvalue weighted by molar-refractivity contribution is 6.19. The Hall–Kier alpha value is -13.9. The van der Waals surface area contributed by atoms with E-state index in [-0.39, 0.29) is 0 Å². The maximum Gasteiger partial charge on any atom is 0.160 e. The van der Waals surface area contributed by atoms with Gasteiger partial charge in [0.2, 0.25) is 0 Å². The molecule has 0 bridgehead atoms. The number of nitrogens with zero attached hydrogens (tertiary/aromatic N) is 7. The summed E-state index contributed by atoms with van der Waals surface area (Å²) in [5.74, 6) is 0.561. The molecular formula is C95H59N7. The van der Waals surface area contributed by atoms with Gasteiger partial charge in [-0.2, -0.15) is 5.26 Å². The maximum atomic E-state index is 13.2. The third-order valence-electron chi connectivity index (χ3n) is 20.6. The second-order valence-corrected chi connectivity index (χ2v) is 26.2. The number of benzene rings is 15. The molecule has 15 aromatic carbocycles. The fourth-order valence-corrected chi connectivity index (χ4v) is 16.3. The molecule has 20 aromatic rings. The summed E-state index contributed by atoms with van der Waals surface area (Å²) in [4.78, 5) is 11.4. The van der Waals surface area contributed by atoms with Crippen molar-refractivity contribution < 1.29 is 0 Å². The Balaban J connectivity index is 1.01. The standard InChI is InChI=1S/C95H59N7/c96-60-79-90(63-47-51-86-75(55-63)71-39-19-23-43-82(71)99(86)67-31-11-3-12-32-67)92(65-49-53-88-77(57-65)73-41-21-25-45-84(73)101(88)69-35-15-5-16-36-69)93(66-50-54-89-78(58-66)74-42-22-26-46-85(74)102(89)70-37-17-6-18-38-70)94(81-59-80(61-27-7-1-8-28-61)97-95(98-81)62-29-9-2-10-30-62)91(79)64-48-52-87-76(56-64)72-40-20-24-44-83(72)100(87)68-33-13-4-14-34-68/h1-59H. The molecule has 0 saturated carbocycles. The summed E-state index contributed by atoms with van der Waals surface area (Å²) in [6.45, 7) is 0. The summed E-state index contributed by atoms with van der Waals surface area (Å²) in [6.07, 6.45) is 0. The topological polar surface area (TPSA) is 69.3 Å². The molecule has 7 nitrogen and oxygen atoms in total. The Labute approximate surface area is 587 Å². The van der Waals surface area contributed by atoms with Crippen molar-refractivity contribution in [3.05, 3.63) is 363 Å². The lowest BCUT2D eigenvalue weighted by Crippen LogP contribution is -2.05. The van der Waals surface area contributed by atoms with Crippen LogP contribution in [0.15, 0.2) is 358 Å². The second kappa shape index (κ2) is 23.7. The Morgan fingerprint density at radius 1 is 0.206 bits per heavy atom. The third kappa shape index (κ3) is 9.21. The van der Waals surface area contributed by atoms with Gasteiger partial charge in [-0.1, -0.05) is 231 Å². The van der Waals surface area contributed by atoms with E-state index in [4.69, 9.17) is 9.97 Å². The largest absolute Gasteiger partial charge is 0.309 e. The van der Waals surface area contributed by atoms with Gasteiger partial charge in [0, 0.05) is 99.2 Å². The van der Waals surface area contributed by atoms with Crippen LogP contribution >= 0.6 is 0 Å². The molecular weight excluding hydrogens is 1240 g/mol. The molecule has 0 atom stereocenters. The van der Waals surface area contributed by atoms with Crippen molar-refractivity contribution in [2.75, 3.05) is 0 Å². The molecule has 0 saturated heterocycles. The quantitative estimate of drug-likeness (QED) is 0.130. The van der Waals surface area contributed by atoms with Crippen LogP contribution < -0.4 is 0 Å². The Morgan fingerprint density at radius 2 is 0.471 bits per heavy atom. The van der Waals surface area contributed by atoms with Gasteiger partial charge < -0.3 is 18.3 Å². The van der Waals surface area contributed by atoms with E-state index in [1.54, 1.807) is 0 Å². The molecule has 7 heteroatoms. The fourth-order valence-electron chi connectivity index (χ4n) is 16.3. The van der Waals surface area contributed by atoms with E-state index in [0.29, 0.717) is 17.1 Å². The van der Waals surface area contributed by atoms with Crippen molar-refractivity contribution in [3.63, 3.8) is 0 Å². The van der Waals surface area contributed by atoms with Crippen molar-refractivity contribution in [3.8, 4) is 107 Å². The SMILES string of the molecule is N#Cc1c(-c2ccc3c(c2)c2ccccc2n3-c2ccccc2)c(-c2ccc3c(c2)c2ccccc2n3-c2ccccc2)c(-c2ccc3c(c2)c2ccccc2n3-c2ccccc2)c(-c2cc(-c3ccccc3)nc(-c3ccccc3)n2)c1-c1ccc2c(c1)c1ccccc1n2-c1ccccc1. The van der Waals surface area contributed by atoms with E-state index in [0.717, 1.165) is 177 Å². The van der Waals surface area contributed by atoms with Crippen LogP contribution in [0.3, 0.4) is 0 Å². The van der Waals surface area contributed by atoms with Crippen LogP contribution in [0.1, 0.15) is 5.56 Å². The molecule has 0 aliphatic heterocycles. The molecule has 5 aromatic heterocycles. The maximum absolute atomic E-state index is 13.2. The minimum atomic E-state index is 0.510. The van der Waals surface area contributed by atoms with Gasteiger partial charge in [-0.05, 0) is 155 Å². The van der Waals surface area contributed by atoms with Crippen molar-refractivity contribution in [2.45, 2.75) is 0 Å². The molecule has 0 aliphatic carbocycles. The molecule has 20 rings (SSSR count). The minimum absolute atomic E-state index is 0.510. The van der Waals surface area contributed by atoms with Crippen LogP contribution in [0.2, 0.25) is 0 Å². The number of para-hydroxylation sites is 8. The highest BCUT2D eigenvalue weighted by Crippen LogP contribution is 2.55. The minimum Gasteiger partial charge on any atom is -0.309 e. The van der Waals surface area contributed by atoms with E-state index < -0.39 is 0 Å². The van der Waals surface area contributed by atoms with Gasteiger partial charge in [-0.25, -0.2) is 9.97 Å². The van der Waals surface area contributed by atoms with Crippen LogP contribution in [0.4, 0.5) is 0 Å². The highest BCUT2D eigenvalue weighted by atomic mass is 15.0. The highest BCUT2D eigenvalue weighted by Gasteiger charge is 2.33. The first-order valence-electron chi connectivity index (χ1n) is 34.6. The monoisotopic (exact) mass is 1300 g/mol. The summed E-state index contributed by atoms with van der Waals surface area (Å²) < 4.78 is 9.48. The molecule has 0 amide bonds. The van der Waals surface area contributed by atoms with E-state index in [1.165, 1.54) is 0 Å². The zero-order valence-electron chi connectivity index (χ0n) is 55.2. The predicted molar refractivity (Wildman–Crippen MR) is 422 cm³/mol. The normalized spacial score (nSPS) is 11.7. The van der Waals surface area contributed by atoms with Crippen LogP contribution in [0.5, 0.6) is 0 Å². The number of rotatable bonds is 11. The van der Waals surface area contributed by atoms with E-state index in [2.05, 4.69) is 358 Å². The molecule has 474 valence electrons. The van der Waals surface area contributed by atoms with Crippen molar-refractivity contribution in [1.82, 2.24) is 28.2 Å². The Bertz CT molecular complexity index is 6720. The molecule has 0 spiro atoms. The van der Waals surface area contributed by atoms with Crippen molar-refractivity contribution in [2.24, 2.45) is 0 Å². The molecule has 0 unspecified atom stereocenters. The lowest BCUT2D eigenvalue weighted by Gasteiger charge is -2.26. The number of aromatic nitrogens is 6. The molecule has 0 N–H and O–H groups in total. The van der Waals surface area contributed by atoms with Gasteiger partial charge in [-0.15, -0.1) is 0 Å². The molecule has 102 heavy (non-hydrogen) atoms. The van der Waals surface area contributed by atoms with Crippen LogP contribution in [0, 0.1) is 11.3 Å².